The lowest BCUT2D eigenvalue weighted by Crippen LogP contribution is -2.11. The van der Waals surface area contributed by atoms with Gasteiger partial charge in [-0.2, -0.15) is 8.42 Å². The van der Waals surface area contributed by atoms with Gasteiger partial charge in [-0.25, -0.2) is 0 Å². The number of benzene rings is 2. The van der Waals surface area contributed by atoms with Gasteiger partial charge in [0, 0.05) is 6.07 Å². The van der Waals surface area contributed by atoms with Crippen molar-refractivity contribution in [3.05, 3.63) is 63.2 Å². The zero-order chi connectivity index (χ0) is 16.6. The molecule has 0 atom stereocenters. The summed E-state index contributed by atoms with van der Waals surface area (Å²) in [5, 5.41) is 11.1. The van der Waals surface area contributed by atoms with E-state index in [1.54, 1.807) is 25.1 Å². The molecule has 120 valence electrons. The summed E-state index contributed by atoms with van der Waals surface area (Å²) in [6.07, 6.45) is 2.78. The van der Waals surface area contributed by atoms with E-state index in [0.717, 1.165) is 30.4 Å². The molecule has 0 N–H and O–H groups in total. The number of aryl methyl sites for hydroxylation is 3. The number of hydrogen-bond donors (Lipinski definition) is 0. The molecule has 0 unspecified atom stereocenters. The van der Waals surface area contributed by atoms with Crippen molar-refractivity contribution in [2.45, 2.75) is 31.1 Å². The van der Waals surface area contributed by atoms with Crippen LogP contribution in [0.3, 0.4) is 0 Å². The number of nitro benzene ring substituents is 1. The quantitative estimate of drug-likeness (QED) is 0.487. The molecule has 6 nitrogen and oxygen atoms in total. The molecule has 0 aromatic heterocycles. The first kappa shape index (κ1) is 15.5. The lowest BCUT2D eigenvalue weighted by Gasteiger charge is -2.09. The summed E-state index contributed by atoms with van der Waals surface area (Å²) in [5.74, 6) is -0.277. The Balaban J connectivity index is 1.97. The molecule has 0 radical (unpaired) electrons. The molecule has 0 saturated carbocycles. The van der Waals surface area contributed by atoms with Gasteiger partial charge in [-0.15, -0.1) is 0 Å². The van der Waals surface area contributed by atoms with Crippen LogP contribution >= 0.6 is 0 Å². The third kappa shape index (κ3) is 3.05. The van der Waals surface area contributed by atoms with Crippen LogP contribution in [0.5, 0.6) is 5.75 Å². The van der Waals surface area contributed by atoms with Crippen LogP contribution < -0.4 is 4.18 Å². The molecule has 0 fully saturated rings. The Morgan fingerprint density at radius 2 is 1.83 bits per heavy atom. The molecule has 0 aliphatic heterocycles. The minimum Gasteiger partial charge on any atom is -0.372 e. The van der Waals surface area contributed by atoms with Crippen LogP contribution in [0.25, 0.3) is 0 Å². The molecule has 1 aliphatic rings. The molecule has 0 heterocycles. The lowest BCUT2D eigenvalue weighted by molar-refractivity contribution is -0.385. The third-order valence-corrected chi connectivity index (χ3v) is 5.10. The highest BCUT2D eigenvalue weighted by Gasteiger charge is 2.24. The first-order valence-electron chi connectivity index (χ1n) is 7.18. The zero-order valence-corrected chi connectivity index (χ0v) is 13.3. The lowest BCUT2D eigenvalue weighted by atomic mass is 10.1. The Hall–Kier alpha value is -2.41. The van der Waals surface area contributed by atoms with Crippen molar-refractivity contribution < 1.29 is 17.5 Å². The molecule has 23 heavy (non-hydrogen) atoms. The van der Waals surface area contributed by atoms with Crippen LogP contribution in [-0.4, -0.2) is 13.3 Å². The van der Waals surface area contributed by atoms with Crippen molar-refractivity contribution in [2.24, 2.45) is 0 Å². The highest BCUT2D eigenvalue weighted by Crippen LogP contribution is 2.31. The Kier molecular flexibility index (Phi) is 3.81. The predicted octanol–water partition coefficient (Wildman–Crippen LogP) is 3.16. The minimum absolute atomic E-state index is 0.0213. The Morgan fingerprint density at radius 1 is 1.09 bits per heavy atom. The fourth-order valence-electron chi connectivity index (χ4n) is 2.71. The van der Waals surface area contributed by atoms with Crippen molar-refractivity contribution in [2.75, 3.05) is 0 Å². The van der Waals surface area contributed by atoms with Crippen LogP contribution in [0.4, 0.5) is 5.69 Å². The molecule has 0 amide bonds. The van der Waals surface area contributed by atoms with Crippen LogP contribution in [-0.2, 0) is 23.0 Å². The molecule has 0 saturated heterocycles. The van der Waals surface area contributed by atoms with Gasteiger partial charge in [0.25, 0.3) is 0 Å². The van der Waals surface area contributed by atoms with E-state index in [0.29, 0.717) is 5.56 Å². The molecule has 7 heteroatoms. The molecule has 2 aromatic rings. The highest BCUT2D eigenvalue weighted by molar-refractivity contribution is 7.87. The Morgan fingerprint density at radius 3 is 2.57 bits per heavy atom. The van der Waals surface area contributed by atoms with Crippen LogP contribution in [0.1, 0.15) is 23.1 Å². The van der Waals surface area contributed by atoms with Crippen molar-refractivity contribution in [3.8, 4) is 5.75 Å². The topological polar surface area (TPSA) is 86.5 Å². The van der Waals surface area contributed by atoms with E-state index >= 15 is 0 Å². The standard InChI is InChI=1S/C16H15NO5S/c1-11-5-8-16(15(9-11)17(18)19)22-23(20,21)14-7-6-12-3-2-4-13(12)10-14/h5-10H,2-4H2,1H3. The average Bonchev–Trinajstić information content (AvgIpc) is 2.96. The van der Waals surface area contributed by atoms with Crippen molar-refractivity contribution in [1.82, 2.24) is 0 Å². The van der Waals surface area contributed by atoms with Crippen molar-refractivity contribution in [1.29, 1.82) is 0 Å². The third-order valence-electron chi connectivity index (χ3n) is 3.87. The summed E-state index contributed by atoms with van der Waals surface area (Å²) in [7, 11) is -4.11. The van der Waals surface area contributed by atoms with Crippen LogP contribution in [0.2, 0.25) is 0 Å². The molecular formula is C16H15NO5S. The van der Waals surface area contributed by atoms with E-state index in [1.165, 1.54) is 18.2 Å². The van der Waals surface area contributed by atoms with Gasteiger partial charge in [0.2, 0.25) is 5.75 Å². The van der Waals surface area contributed by atoms with Crippen LogP contribution in [0, 0.1) is 17.0 Å². The van der Waals surface area contributed by atoms with E-state index in [4.69, 9.17) is 4.18 Å². The number of fused-ring (bicyclic) bond motifs is 1. The Bertz CT molecular complexity index is 889. The summed E-state index contributed by atoms with van der Waals surface area (Å²) in [6.45, 7) is 1.69. The smallest absolute Gasteiger partial charge is 0.339 e. The van der Waals surface area contributed by atoms with Gasteiger partial charge in [0.15, 0.2) is 0 Å². The van der Waals surface area contributed by atoms with Gasteiger partial charge in [-0.1, -0.05) is 12.1 Å². The monoisotopic (exact) mass is 333 g/mol. The molecule has 0 spiro atoms. The Labute approximate surface area is 134 Å². The number of nitrogens with zero attached hydrogens (tertiary/aromatic N) is 1. The molecule has 2 aromatic carbocycles. The maximum absolute atomic E-state index is 12.4. The number of rotatable bonds is 4. The SMILES string of the molecule is Cc1ccc(OS(=O)(=O)c2ccc3c(c2)CCC3)c([N+](=O)[O-])c1. The van der Waals surface area contributed by atoms with E-state index < -0.39 is 15.0 Å². The van der Waals surface area contributed by atoms with E-state index in [2.05, 4.69) is 0 Å². The number of nitro groups is 1. The van der Waals surface area contributed by atoms with E-state index in [-0.39, 0.29) is 16.3 Å². The van der Waals surface area contributed by atoms with Crippen molar-refractivity contribution >= 4 is 15.8 Å². The normalized spacial score (nSPS) is 13.6. The predicted molar refractivity (Wildman–Crippen MR) is 84.1 cm³/mol. The van der Waals surface area contributed by atoms with E-state index in [9.17, 15) is 18.5 Å². The second-order valence-corrected chi connectivity index (χ2v) is 7.10. The molecule has 0 bridgehead atoms. The largest absolute Gasteiger partial charge is 0.372 e. The average molecular weight is 333 g/mol. The summed E-state index contributed by atoms with van der Waals surface area (Å²) in [5.41, 5.74) is 2.42. The first-order valence-corrected chi connectivity index (χ1v) is 8.59. The van der Waals surface area contributed by atoms with Gasteiger partial charge in [-0.3, -0.25) is 10.1 Å². The summed E-state index contributed by atoms with van der Waals surface area (Å²) in [4.78, 5) is 10.4. The van der Waals surface area contributed by atoms with Crippen LogP contribution in [0.15, 0.2) is 41.3 Å². The maximum Gasteiger partial charge on any atom is 0.339 e. The second-order valence-electron chi connectivity index (χ2n) is 5.55. The second kappa shape index (κ2) is 5.66. The maximum atomic E-state index is 12.4. The fourth-order valence-corrected chi connectivity index (χ4v) is 3.71. The molecule has 1 aliphatic carbocycles. The molecular weight excluding hydrogens is 318 g/mol. The fraction of sp³-hybridized carbons (Fsp3) is 0.250. The van der Waals surface area contributed by atoms with Gasteiger partial charge in [-0.05, 0) is 61.1 Å². The number of hydrogen-bond acceptors (Lipinski definition) is 5. The van der Waals surface area contributed by atoms with Gasteiger partial charge < -0.3 is 4.18 Å². The zero-order valence-electron chi connectivity index (χ0n) is 12.5. The minimum atomic E-state index is -4.11. The van der Waals surface area contributed by atoms with Gasteiger partial charge >= 0.3 is 15.8 Å². The van der Waals surface area contributed by atoms with Crippen molar-refractivity contribution in [3.63, 3.8) is 0 Å². The summed E-state index contributed by atoms with van der Waals surface area (Å²) in [6, 6.07) is 9.02. The highest BCUT2D eigenvalue weighted by atomic mass is 32.2. The summed E-state index contributed by atoms with van der Waals surface area (Å²) < 4.78 is 29.9. The first-order chi connectivity index (χ1) is 10.9. The summed E-state index contributed by atoms with van der Waals surface area (Å²) >= 11 is 0. The van der Waals surface area contributed by atoms with Gasteiger partial charge in [0.1, 0.15) is 4.90 Å². The van der Waals surface area contributed by atoms with Gasteiger partial charge in [0.05, 0.1) is 4.92 Å². The molecule has 3 rings (SSSR count). The van der Waals surface area contributed by atoms with E-state index in [1.807, 2.05) is 0 Å².